The number of rotatable bonds is 6. The van der Waals surface area contributed by atoms with Crippen LogP contribution in [0.1, 0.15) is 15.9 Å². The minimum Gasteiger partial charge on any atom is -0.496 e. The van der Waals surface area contributed by atoms with Gasteiger partial charge in [-0.15, -0.1) is 0 Å². The normalized spacial score (nSPS) is 10.9. The first-order valence-electron chi connectivity index (χ1n) is 9.24. The van der Waals surface area contributed by atoms with Crippen molar-refractivity contribution in [2.75, 3.05) is 7.11 Å². The van der Waals surface area contributed by atoms with Crippen LogP contribution in [0.4, 0.5) is 8.78 Å². The maximum absolute atomic E-state index is 14.6. The molecule has 0 saturated heterocycles. The van der Waals surface area contributed by atoms with Crippen molar-refractivity contribution in [1.29, 1.82) is 0 Å². The highest BCUT2D eigenvalue weighted by atomic mass is 32.2. The van der Waals surface area contributed by atoms with Crippen molar-refractivity contribution in [3.05, 3.63) is 93.8 Å². The van der Waals surface area contributed by atoms with Gasteiger partial charge >= 0.3 is 0 Å². The number of thioether (sulfide) groups is 1. The predicted molar refractivity (Wildman–Crippen MR) is 115 cm³/mol. The molecule has 0 amide bonds. The van der Waals surface area contributed by atoms with Crippen LogP contribution in [0, 0.1) is 11.6 Å². The number of aromatic nitrogens is 2. The molecule has 0 spiro atoms. The van der Waals surface area contributed by atoms with E-state index in [-0.39, 0.29) is 10.8 Å². The van der Waals surface area contributed by atoms with Crippen molar-refractivity contribution in [2.24, 2.45) is 0 Å². The van der Waals surface area contributed by atoms with Crippen LogP contribution in [0.2, 0.25) is 0 Å². The smallest absolute Gasteiger partial charge is 0.266 e. The van der Waals surface area contributed by atoms with Gasteiger partial charge in [-0.1, -0.05) is 23.9 Å². The first kappa shape index (κ1) is 20.7. The van der Waals surface area contributed by atoms with Crippen LogP contribution in [0.15, 0.2) is 70.6 Å². The summed E-state index contributed by atoms with van der Waals surface area (Å²) in [6, 6.07) is 14.8. The fraction of sp³-hybridized carbons (Fsp3) is 0.0870. The summed E-state index contributed by atoms with van der Waals surface area (Å²) in [6.45, 7) is 0. The van der Waals surface area contributed by atoms with E-state index >= 15 is 0 Å². The summed E-state index contributed by atoms with van der Waals surface area (Å²) < 4.78 is 34.5. The highest BCUT2D eigenvalue weighted by molar-refractivity contribution is 7.98. The second-order valence-corrected chi connectivity index (χ2v) is 7.57. The number of nitrogens with zero attached hydrogens (tertiary/aromatic N) is 2. The SMILES string of the molecule is COc1ccc(C=O)cc1CSc1nc2ccccc2c(=O)n1-c1ccc(F)cc1F. The Hall–Kier alpha value is -3.52. The molecule has 0 aliphatic carbocycles. The standard InChI is InChI=1S/C23H16F2N2O3S/c1-30-21-9-6-14(12-28)10-15(21)13-31-23-26-19-5-3-2-4-17(19)22(29)27(23)20-8-7-16(24)11-18(20)25/h2-12H,13H2,1H3. The lowest BCUT2D eigenvalue weighted by molar-refractivity contribution is 0.112. The molecule has 1 aromatic heterocycles. The highest BCUT2D eigenvalue weighted by Crippen LogP contribution is 2.30. The van der Waals surface area contributed by atoms with E-state index in [0.717, 1.165) is 23.0 Å². The molecule has 0 unspecified atom stereocenters. The molecular weight excluding hydrogens is 422 g/mol. The molecular formula is C23H16F2N2O3S. The predicted octanol–water partition coefficient (Wildman–Crippen LogP) is 4.78. The van der Waals surface area contributed by atoms with E-state index in [1.165, 1.54) is 24.9 Å². The van der Waals surface area contributed by atoms with E-state index in [0.29, 0.717) is 33.5 Å². The van der Waals surface area contributed by atoms with Gasteiger partial charge in [0.25, 0.3) is 5.56 Å². The number of hydrogen-bond acceptors (Lipinski definition) is 5. The summed E-state index contributed by atoms with van der Waals surface area (Å²) in [5.74, 6) is -0.742. The lowest BCUT2D eigenvalue weighted by atomic mass is 10.1. The van der Waals surface area contributed by atoms with Gasteiger partial charge < -0.3 is 4.74 Å². The highest BCUT2D eigenvalue weighted by Gasteiger charge is 2.17. The molecule has 4 aromatic rings. The van der Waals surface area contributed by atoms with E-state index in [1.807, 2.05) is 0 Å². The van der Waals surface area contributed by atoms with Gasteiger partial charge in [-0.05, 0) is 42.5 Å². The van der Waals surface area contributed by atoms with Crippen molar-refractivity contribution in [1.82, 2.24) is 9.55 Å². The maximum Gasteiger partial charge on any atom is 0.266 e. The number of aldehydes is 1. The van der Waals surface area contributed by atoms with Gasteiger partial charge in [0.1, 0.15) is 23.7 Å². The monoisotopic (exact) mass is 438 g/mol. The Balaban J connectivity index is 1.86. The topological polar surface area (TPSA) is 61.2 Å². The van der Waals surface area contributed by atoms with Gasteiger partial charge in [0, 0.05) is 22.9 Å². The van der Waals surface area contributed by atoms with Crippen LogP contribution >= 0.6 is 11.8 Å². The number of benzene rings is 3. The van der Waals surface area contributed by atoms with Crippen LogP contribution in [0.3, 0.4) is 0 Å². The third-order valence-electron chi connectivity index (χ3n) is 4.69. The van der Waals surface area contributed by atoms with E-state index in [4.69, 9.17) is 4.74 Å². The summed E-state index contributed by atoms with van der Waals surface area (Å²) in [5.41, 5.74) is 1.09. The van der Waals surface area contributed by atoms with Crippen LogP contribution in [-0.4, -0.2) is 22.9 Å². The van der Waals surface area contributed by atoms with Crippen LogP contribution in [0.5, 0.6) is 5.75 Å². The molecule has 0 N–H and O–H groups in total. The van der Waals surface area contributed by atoms with Crippen LogP contribution < -0.4 is 10.3 Å². The zero-order valence-electron chi connectivity index (χ0n) is 16.3. The molecule has 0 fully saturated rings. The number of methoxy groups -OCH3 is 1. The Kier molecular flexibility index (Phi) is 5.81. The third-order valence-corrected chi connectivity index (χ3v) is 5.68. The molecule has 4 rings (SSSR count). The Morgan fingerprint density at radius 2 is 1.90 bits per heavy atom. The Morgan fingerprint density at radius 1 is 1.10 bits per heavy atom. The number of carbonyl (C=O) groups excluding carboxylic acids is 1. The van der Waals surface area contributed by atoms with Crippen molar-refractivity contribution < 1.29 is 18.3 Å². The van der Waals surface area contributed by atoms with Crippen molar-refractivity contribution in [2.45, 2.75) is 10.9 Å². The van der Waals surface area contributed by atoms with Crippen LogP contribution in [0.25, 0.3) is 16.6 Å². The molecule has 3 aromatic carbocycles. The second kappa shape index (κ2) is 8.69. The number of hydrogen-bond donors (Lipinski definition) is 0. The summed E-state index contributed by atoms with van der Waals surface area (Å²) >= 11 is 1.18. The molecule has 0 aliphatic rings. The first-order valence-corrected chi connectivity index (χ1v) is 10.2. The lowest BCUT2D eigenvalue weighted by Gasteiger charge is -2.15. The number of ether oxygens (including phenoxy) is 1. The minimum atomic E-state index is -0.874. The van der Waals surface area contributed by atoms with E-state index < -0.39 is 17.2 Å². The van der Waals surface area contributed by atoms with E-state index in [2.05, 4.69) is 4.98 Å². The average Bonchev–Trinajstić information content (AvgIpc) is 2.78. The fourth-order valence-electron chi connectivity index (χ4n) is 3.21. The number of halogens is 2. The number of para-hydroxylation sites is 1. The molecule has 1 heterocycles. The van der Waals surface area contributed by atoms with Gasteiger partial charge in [-0.3, -0.25) is 14.2 Å². The van der Waals surface area contributed by atoms with Crippen molar-refractivity contribution >= 4 is 29.0 Å². The Morgan fingerprint density at radius 3 is 2.65 bits per heavy atom. The van der Waals surface area contributed by atoms with E-state index in [9.17, 15) is 18.4 Å². The Bertz CT molecular complexity index is 1350. The molecule has 0 atom stereocenters. The lowest BCUT2D eigenvalue weighted by Crippen LogP contribution is -2.22. The largest absolute Gasteiger partial charge is 0.496 e. The fourth-order valence-corrected chi connectivity index (χ4v) is 4.19. The van der Waals surface area contributed by atoms with Gasteiger partial charge in [0.15, 0.2) is 5.16 Å². The second-order valence-electron chi connectivity index (χ2n) is 6.63. The maximum atomic E-state index is 14.6. The quantitative estimate of drug-likeness (QED) is 0.246. The molecule has 156 valence electrons. The molecule has 0 bridgehead atoms. The van der Waals surface area contributed by atoms with Crippen molar-refractivity contribution in [3.63, 3.8) is 0 Å². The molecule has 0 saturated carbocycles. The molecule has 5 nitrogen and oxygen atoms in total. The number of carbonyl (C=O) groups is 1. The van der Waals surface area contributed by atoms with Crippen molar-refractivity contribution in [3.8, 4) is 11.4 Å². The zero-order valence-corrected chi connectivity index (χ0v) is 17.2. The third kappa shape index (κ3) is 4.06. The molecule has 0 aliphatic heterocycles. The van der Waals surface area contributed by atoms with Gasteiger partial charge in [0.05, 0.1) is 23.7 Å². The van der Waals surface area contributed by atoms with Crippen LogP contribution in [-0.2, 0) is 5.75 Å². The summed E-state index contributed by atoms with van der Waals surface area (Å²) in [7, 11) is 1.52. The van der Waals surface area contributed by atoms with Gasteiger partial charge in [0.2, 0.25) is 0 Å². The van der Waals surface area contributed by atoms with Gasteiger partial charge in [-0.25, -0.2) is 13.8 Å². The summed E-state index contributed by atoms with van der Waals surface area (Å²) in [6.07, 6.45) is 0.728. The van der Waals surface area contributed by atoms with Gasteiger partial charge in [-0.2, -0.15) is 0 Å². The summed E-state index contributed by atoms with van der Waals surface area (Å²) in [5, 5.41) is 0.545. The molecule has 31 heavy (non-hydrogen) atoms. The number of fused-ring (bicyclic) bond motifs is 1. The van der Waals surface area contributed by atoms with E-state index in [1.54, 1.807) is 42.5 Å². The minimum absolute atomic E-state index is 0.0965. The zero-order chi connectivity index (χ0) is 22.0. The average molecular weight is 438 g/mol. The summed E-state index contributed by atoms with van der Waals surface area (Å²) in [4.78, 5) is 28.9. The Labute approximate surface area is 180 Å². The molecule has 0 radical (unpaired) electrons. The first-order chi connectivity index (χ1) is 15.0. The molecule has 8 heteroatoms.